The average Bonchev–Trinajstić information content (AvgIpc) is 2.45. The van der Waals surface area contributed by atoms with E-state index in [9.17, 15) is 0 Å². The molecule has 21 heavy (non-hydrogen) atoms. The van der Waals surface area contributed by atoms with Gasteiger partial charge >= 0.3 is 0 Å². The molecule has 0 aliphatic heterocycles. The Hall–Kier alpha value is -1.85. The number of nitrogen functional groups attached to an aromatic ring is 1. The first-order valence-corrected chi connectivity index (χ1v) is 7.69. The largest absolute Gasteiger partial charge is 0.384 e. The van der Waals surface area contributed by atoms with E-state index in [-0.39, 0.29) is 5.25 Å². The highest BCUT2D eigenvalue weighted by molar-refractivity contribution is 7.99. The van der Waals surface area contributed by atoms with Gasteiger partial charge < -0.3 is 5.73 Å². The first-order valence-electron chi connectivity index (χ1n) is 6.44. The molecule has 2 N–H and O–H groups in total. The topological polar surface area (TPSA) is 64.7 Å². The van der Waals surface area contributed by atoms with Crippen molar-refractivity contribution in [2.24, 2.45) is 0 Å². The molecule has 0 saturated heterocycles. The number of hydrogen-bond donors (Lipinski definition) is 1. The van der Waals surface area contributed by atoms with Crippen LogP contribution >= 0.6 is 23.4 Å². The molecular formula is C15H13ClN4S. The zero-order chi connectivity index (χ0) is 14.8. The van der Waals surface area contributed by atoms with Crippen LogP contribution in [0.3, 0.4) is 0 Å². The van der Waals surface area contributed by atoms with Crippen LogP contribution in [-0.2, 0) is 0 Å². The highest BCUT2D eigenvalue weighted by atomic mass is 35.5. The highest BCUT2D eigenvalue weighted by Crippen LogP contribution is 2.35. The highest BCUT2D eigenvalue weighted by Gasteiger charge is 2.14. The maximum Gasteiger partial charge on any atom is 0.191 e. The lowest BCUT2D eigenvalue weighted by atomic mass is 10.1. The predicted molar refractivity (Wildman–Crippen MR) is 87.5 cm³/mol. The summed E-state index contributed by atoms with van der Waals surface area (Å²) in [6, 6.07) is 11.7. The molecule has 0 spiro atoms. The van der Waals surface area contributed by atoms with Crippen molar-refractivity contribution in [2.75, 3.05) is 5.73 Å². The quantitative estimate of drug-likeness (QED) is 0.447. The molecule has 3 rings (SSSR count). The molecule has 2 aromatic heterocycles. The lowest BCUT2D eigenvalue weighted by Crippen LogP contribution is -1.99. The zero-order valence-electron chi connectivity index (χ0n) is 11.3. The Kier molecular flexibility index (Phi) is 3.94. The lowest BCUT2D eigenvalue weighted by Gasteiger charge is -2.12. The normalized spacial score (nSPS) is 12.5. The molecule has 0 aliphatic rings. The molecule has 1 atom stereocenters. The summed E-state index contributed by atoms with van der Waals surface area (Å²) in [6.45, 7) is 2.07. The minimum Gasteiger partial charge on any atom is -0.384 e. The Morgan fingerprint density at radius 3 is 2.81 bits per heavy atom. The summed E-state index contributed by atoms with van der Waals surface area (Å²) in [5.74, 6) is 0.371. The Balaban J connectivity index is 1.95. The number of hydrogen-bond acceptors (Lipinski definition) is 5. The van der Waals surface area contributed by atoms with Crippen LogP contribution in [0.4, 0.5) is 5.82 Å². The van der Waals surface area contributed by atoms with Crippen molar-refractivity contribution >= 4 is 40.0 Å². The van der Waals surface area contributed by atoms with E-state index in [2.05, 4.69) is 34.0 Å². The molecule has 6 heteroatoms. The molecule has 0 amide bonds. The first-order chi connectivity index (χ1) is 10.1. The third-order valence-corrected chi connectivity index (χ3v) is 4.23. The number of rotatable bonds is 3. The van der Waals surface area contributed by atoms with Gasteiger partial charge in [0.25, 0.3) is 0 Å². The maximum atomic E-state index is 5.91. The number of fused-ring (bicyclic) bond motifs is 1. The van der Waals surface area contributed by atoms with Gasteiger partial charge in [0, 0.05) is 17.6 Å². The van der Waals surface area contributed by atoms with E-state index >= 15 is 0 Å². The van der Waals surface area contributed by atoms with Crippen LogP contribution in [0.5, 0.6) is 0 Å². The van der Waals surface area contributed by atoms with Gasteiger partial charge in [-0.3, -0.25) is 4.98 Å². The lowest BCUT2D eigenvalue weighted by molar-refractivity contribution is 0.950. The van der Waals surface area contributed by atoms with E-state index in [1.807, 2.05) is 24.4 Å². The van der Waals surface area contributed by atoms with Crippen LogP contribution in [0, 0.1) is 0 Å². The number of aromatic nitrogens is 3. The summed E-state index contributed by atoms with van der Waals surface area (Å²) in [7, 11) is 0. The second-order valence-electron chi connectivity index (χ2n) is 4.58. The van der Waals surface area contributed by atoms with Gasteiger partial charge in [0.05, 0.1) is 10.9 Å². The molecule has 0 bridgehead atoms. The smallest absolute Gasteiger partial charge is 0.191 e. The van der Waals surface area contributed by atoms with Crippen LogP contribution in [0.25, 0.3) is 10.8 Å². The summed E-state index contributed by atoms with van der Waals surface area (Å²) >= 11 is 7.41. The Bertz CT molecular complexity index is 768. The van der Waals surface area contributed by atoms with Gasteiger partial charge in [0.2, 0.25) is 0 Å². The van der Waals surface area contributed by atoms with Crippen molar-refractivity contribution in [2.45, 2.75) is 17.3 Å². The molecule has 4 nitrogen and oxygen atoms in total. The van der Waals surface area contributed by atoms with E-state index in [0.717, 1.165) is 11.1 Å². The Morgan fingerprint density at radius 1 is 1.19 bits per heavy atom. The number of benzene rings is 1. The van der Waals surface area contributed by atoms with Crippen LogP contribution in [-0.4, -0.2) is 15.0 Å². The Morgan fingerprint density at radius 2 is 2.00 bits per heavy atom. The van der Waals surface area contributed by atoms with Gasteiger partial charge in [-0.05, 0) is 18.4 Å². The molecule has 106 valence electrons. The van der Waals surface area contributed by atoms with Gasteiger partial charge in [0.1, 0.15) is 11.0 Å². The molecule has 2 heterocycles. The van der Waals surface area contributed by atoms with Crippen LogP contribution in [0.1, 0.15) is 17.9 Å². The van der Waals surface area contributed by atoms with Gasteiger partial charge in [-0.15, -0.1) is 0 Å². The second-order valence-corrected chi connectivity index (χ2v) is 6.27. The van der Waals surface area contributed by atoms with Gasteiger partial charge in [-0.2, -0.15) is 0 Å². The number of nitrogens with zero attached hydrogens (tertiary/aromatic N) is 3. The molecule has 1 unspecified atom stereocenters. The van der Waals surface area contributed by atoms with E-state index in [1.54, 1.807) is 0 Å². The molecule has 3 aromatic rings. The molecule has 1 aromatic carbocycles. The van der Waals surface area contributed by atoms with Gasteiger partial charge in [0.15, 0.2) is 5.16 Å². The molecule has 0 saturated carbocycles. The number of anilines is 1. The summed E-state index contributed by atoms with van der Waals surface area (Å²) in [4.78, 5) is 12.9. The van der Waals surface area contributed by atoms with E-state index in [4.69, 9.17) is 17.3 Å². The van der Waals surface area contributed by atoms with Crippen molar-refractivity contribution in [3.63, 3.8) is 0 Å². The second kappa shape index (κ2) is 5.87. The third kappa shape index (κ3) is 3.09. The SMILES string of the molecule is CC(Sc1nc(N)cc(Cl)n1)c1nccc2ccccc12. The van der Waals surface area contributed by atoms with Gasteiger partial charge in [-0.25, -0.2) is 9.97 Å². The van der Waals surface area contributed by atoms with Gasteiger partial charge in [-0.1, -0.05) is 47.6 Å². The summed E-state index contributed by atoms with van der Waals surface area (Å²) in [6.07, 6.45) is 1.82. The predicted octanol–water partition coefficient (Wildman–Crippen LogP) is 4.11. The number of pyridine rings is 1. The zero-order valence-corrected chi connectivity index (χ0v) is 12.9. The molecule has 0 aliphatic carbocycles. The Labute approximate surface area is 131 Å². The maximum absolute atomic E-state index is 5.91. The molecular weight excluding hydrogens is 304 g/mol. The van der Waals surface area contributed by atoms with Crippen molar-refractivity contribution in [1.82, 2.24) is 15.0 Å². The third-order valence-electron chi connectivity index (χ3n) is 3.07. The molecule has 0 fully saturated rings. The fourth-order valence-electron chi connectivity index (χ4n) is 2.15. The van der Waals surface area contributed by atoms with E-state index in [0.29, 0.717) is 16.1 Å². The van der Waals surface area contributed by atoms with Crippen molar-refractivity contribution in [3.8, 4) is 0 Å². The fourth-order valence-corrected chi connectivity index (χ4v) is 3.31. The van der Waals surface area contributed by atoms with Crippen LogP contribution < -0.4 is 5.73 Å². The summed E-state index contributed by atoms with van der Waals surface area (Å²) < 4.78 is 0. The number of thioether (sulfide) groups is 1. The number of nitrogens with two attached hydrogens (primary N) is 1. The van der Waals surface area contributed by atoms with Crippen molar-refractivity contribution in [1.29, 1.82) is 0 Å². The van der Waals surface area contributed by atoms with E-state index in [1.165, 1.54) is 23.2 Å². The minimum absolute atomic E-state index is 0.0916. The van der Waals surface area contributed by atoms with Crippen LogP contribution in [0.15, 0.2) is 47.8 Å². The standard InChI is InChI=1S/C15H13ClN4S/c1-9(21-15-19-12(16)8-13(17)20-15)14-11-5-3-2-4-10(11)6-7-18-14/h2-9H,1H3,(H2,17,19,20). The molecule has 0 radical (unpaired) electrons. The summed E-state index contributed by atoms with van der Waals surface area (Å²) in [5, 5.41) is 3.30. The van der Waals surface area contributed by atoms with Crippen molar-refractivity contribution in [3.05, 3.63) is 53.4 Å². The van der Waals surface area contributed by atoms with Crippen LogP contribution in [0.2, 0.25) is 5.15 Å². The monoisotopic (exact) mass is 316 g/mol. The number of halogens is 1. The minimum atomic E-state index is 0.0916. The van der Waals surface area contributed by atoms with E-state index < -0.39 is 0 Å². The average molecular weight is 317 g/mol. The fraction of sp³-hybridized carbons (Fsp3) is 0.133. The van der Waals surface area contributed by atoms with Crippen molar-refractivity contribution < 1.29 is 0 Å². The first kappa shape index (κ1) is 14.1. The summed E-state index contributed by atoms with van der Waals surface area (Å²) in [5.41, 5.74) is 6.70.